The number of rotatable bonds is 1. The molecule has 0 aliphatic carbocycles. The molecule has 2 saturated heterocycles. The molecule has 0 spiro atoms. The van der Waals surface area contributed by atoms with E-state index in [0.717, 1.165) is 38.6 Å². The highest BCUT2D eigenvalue weighted by molar-refractivity contribution is 4.84. The summed E-state index contributed by atoms with van der Waals surface area (Å²) in [5, 5.41) is 13.1. The molecule has 2 N–H and O–H groups in total. The molecule has 3 nitrogen and oxygen atoms in total. The topological polar surface area (TPSA) is 35.5 Å². The zero-order valence-corrected chi connectivity index (χ0v) is 9.08. The monoisotopic (exact) mass is 198 g/mol. The third-order valence-corrected chi connectivity index (χ3v) is 3.72. The van der Waals surface area contributed by atoms with E-state index in [2.05, 4.69) is 17.1 Å². The Labute approximate surface area is 86.5 Å². The number of piperidine rings is 2. The van der Waals surface area contributed by atoms with E-state index < -0.39 is 0 Å². The molecule has 0 saturated carbocycles. The van der Waals surface area contributed by atoms with Gasteiger partial charge in [0.15, 0.2) is 0 Å². The van der Waals surface area contributed by atoms with Crippen LogP contribution in [0.3, 0.4) is 0 Å². The van der Waals surface area contributed by atoms with Gasteiger partial charge in [0.2, 0.25) is 0 Å². The predicted molar refractivity (Wildman–Crippen MR) is 57.3 cm³/mol. The van der Waals surface area contributed by atoms with E-state index in [-0.39, 0.29) is 6.10 Å². The summed E-state index contributed by atoms with van der Waals surface area (Å²) in [6.07, 6.45) is 3.46. The van der Waals surface area contributed by atoms with Gasteiger partial charge in [-0.25, -0.2) is 0 Å². The number of likely N-dealkylation sites (tertiary alicyclic amines) is 1. The molecule has 0 unspecified atom stereocenters. The SMILES string of the molecule is C[C@@H]1CN(C2CCNCC2)CC[C@H]1O. The third kappa shape index (κ3) is 2.27. The van der Waals surface area contributed by atoms with Crippen LogP contribution in [-0.2, 0) is 0 Å². The largest absolute Gasteiger partial charge is 0.393 e. The Balaban J connectivity index is 1.85. The van der Waals surface area contributed by atoms with Crippen LogP contribution in [0.15, 0.2) is 0 Å². The maximum Gasteiger partial charge on any atom is 0.0590 e. The summed E-state index contributed by atoms with van der Waals surface area (Å²) >= 11 is 0. The van der Waals surface area contributed by atoms with E-state index in [4.69, 9.17) is 0 Å². The Morgan fingerprint density at radius 3 is 2.57 bits per heavy atom. The van der Waals surface area contributed by atoms with Gasteiger partial charge in [0.25, 0.3) is 0 Å². The third-order valence-electron chi connectivity index (χ3n) is 3.72. The normalized spacial score (nSPS) is 37.3. The van der Waals surface area contributed by atoms with Gasteiger partial charge in [0.05, 0.1) is 6.10 Å². The van der Waals surface area contributed by atoms with E-state index in [9.17, 15) is 5.11 Å². The van der Waals surface area contributed by atoms with Crippen molar-refractivity contribution in [1.82, 2.24) is 10.2 Å². The molecular formula is C11H22N2O. The Morgan fingerprint density at radius 2 is 1.93 bits per heavy atom. The first-order chi connectivity index (χ1) is 6.77. The van der Waals surface area contributed by atoms with Gasteiger partial charge < -0.3 is 10.4 Å². The second-order valence-electron chi connectivity index (χ2n) is 4.81. The van der Waals surface area contributed by atoms with Crippen molar-refractivity contribution in [3.05, 3.63) is 0 Å². The molecule has 2 aliphatic rings. The first-order valence-electron chi connectivity index (χ1n) is 5.90. The average molecular weight is 198 g/mol. The highest BCUT2D eigenvalue weighted by atomic mass is 16.3. The fourth-order valence-corrected chi connectivity index (χ4v) is 2.67. The summed E-state index contributed by atoms with van der Waals surface area (Å²) in [6, 6.07) is 0.770. The standard InChI is InChI=1S/C11H22N2O/c1-9-8-13(7-4-11(9)14)10-2-5-12-6-3-10/h9-12,14H,2-8H2,1H3/t9-,11-/m1/s1. The van der Waals surface area contributed by atoms with Crippen molar-refractivity contribution in [1.29, 1.82) is 0 Å². The zero-order valence-electron chi connectivity index (χ0n) is 9.08. The molecule has 0 bridgehead atoms. The summed E-state index contributed by atoms with van der Waals surface area (Å²) in [7, 11) is 0. The lowest BCUT2D eigenvalue weighted by atomic mass is 9.93. The molecule has 82 valence electrons. The van der Waals surface area contributed by atoms with Crippen LogP contribution in [0.25, 0.3) is 0 Å². The molecule has 0 radical (unpaired) electrons. The lowest BCUT2D eigenvalue weighted by Gasteiger charge is -2.41. The van der Waals surface area contributed by atoms with Gasteiger partial charge in [-0.05, 0) is 38.3 Å². The lowest BCUT2D eigenvalue weighted by Crippen LogP contribution is -2.50. The van der Waals surface area contributed by atoms with Gasteiger partial charge in [0, 0.05) is 19.1 Å². The van der Waals surface area contributed by atoms with Crippen LogP contribution < -0.4 is 5.32 Å². The fraction of sp³-hybridized carbons (Fsp3) is 1.00. The molecular weight excluding hydrogens is 176 g/mol. The van der Waals surface area contributed by atoms with Crippen molar-refractivity contribution >= 4 is 0 Å². The maximum atomic E-state index is 9.65. The van der Waals surface area contributed by atoms with Gasteiger partial charge in [-0.2, -0.15) is 0 Å². The summed E-state index contributed by atoms with van der Waals surface area (Å²) in [4.78, 5) is 2.58. The first kappa shape index (κ1) is 10.4. The van der Waals surface area contributed by atoms with E-state index in [0.29, 0.717) is 5.92 Å². The second kappa shape index (κ2) is 4.60. The van der Waals surface area contributed by atoms with Crippen molar-refractivity contribution in [2.75, 3.05) is 26.2 Å². The minimum Gasteiger partial charge on any atom is -0.393 e. The van der Waals surface area contributed by atoms with Crippen LogP contribution in [-0.4, -0.2) is 48.3 Å². The smallest absolute Gasteiger partial charge is 0.0590 e. The molecule has 14 heavy (non-hydrogen) atoms. The molecule has 0 amide bonds. The lowest BCUT2D eigenvalue weighted by molar-refractivity contribution is 0.0113. The maximum absolute atomic E-state index is 9.65. The van der Waals surface area contributed by atoms with Crippen LogP contribution in [0.5, 0.6) is 0 Å². The minimum atomic E-state index is -0.0621. The van der Waals surface area contributed by atoms with Gasteiger partial charge >= 0.3 is 0 Å². The first-order valence-corrected chi connectivity index (χ1v) is 5.90. The molecule has 2 rings (SSSR count). The molecule has 3 heteroatoms. The molecule has 0 aromatic heterocycles. The summed E-state index contributed by atoms with van der Waals surface area (Å²) in [5.41, 5.74) is 0. The number of hydrogen-bond acceptors (Lipinski definition) is 3. The number of aliphatic hydroxyl groups excluding tert-OH is 1. The predicted octanol–water partition coefficient (Wildman–Crippen LogP) is 0.441. The Morgan fingerprint density at radius 1 is 1.21 bits per heavy atom. The van der Waals surface area contributed by atoms with Crippen molar-refractivity contribution in [3.8, 4) is 0 Å². The number of aliphatic hydroxyl groups is 1. The van der Waals surface area contributed by atoms with E-state index in [1.165, 1.54) is 12.8 Å². The Bertz CT molecular complexity index is 180. The van der Waals surface area contributed by atoms with E-state index >= 15 is 0 Å². The van der Waals surface area contributed by atoms with Crippen molar-refractivity contribution in [3.63, 3.8) is 0 Å². The van der Waals surface area contributed by atoms with Gasteiger partial charge in [-0.1, -0.05) is 6.92 Å². The Kier molecular flexibility index (Phi) is 3.42. The van der Waals surface area contributed by atoms with Gasteiger partial charge in [-0.3, -0.25) is 4.90 Å². The molecule has 2 atom stereocenters. The van der Waals surface area contributed by atoms with Crippen molar-refractivity contribution in [2.45, 2.75) is 38.3 Å². The number of nitrogens with one attached hydrogen (secondary N) is 1. The second-order valence-corrected chi connectivity index (χ2v) is 4.81. The fourth-order valence-electron chi connectivity index (χ4n) is 2.67. The van der Waals surface area contributed by atoms with Crippen LogP contribution in [0.4, 0.5) is 0 Å². The van der Waals surface area contributed by atoms with Gasteiger partial charge in [0.1, 0.15) is 0 Å². The van der Waals surface area contributed by atoms with E-state index in [1.807, 2.05) is 0 Å². The molecule has 2 heterocycles. The highest BCUT2D eigenvalue weighted by Crippen LogP contribution is 2.21. The van der Waals surface area contributed by atoms with Crippen molar-refractivity contribution in [2.24, 2.45) is 5.92 Å². The Hall–Kier alpha value is -0.120. The zero-order chi connectivity index (χ0) is 9.97. The molecule has 0 aromatic rings. The van der Waals surface area contributed by atoms with E-state index in [1.54, 1.807) is 0 Å². The van der Waals surface area contributed by atoms with Crippen LogP contribution in [0, 0.1) is 5.92 Å². The van der Waals surface area contributed by atoms with Gasteiger partial charge in [-0.15, -0.1) is 0 Å². The molecule has 2 aliphatic heterocycles. The van der Waals surface area contributed by atoms with Crippen LogP contribution in [0.2, 0.25) is 0 Å². The summed E-state index contributed by atoms with van der Waals surface area (Å²) in [6.45, 7) is 6.68. The number of hydrogen-bond donors (Lipinski definition) is 2. The summed E-state index contributed by atoms with van der Waals surface area (Å²) < 4.78 is 0. The minimum absolute atomic E-state index is 0.0621. The summed E-state index contributed by atoms with van der Waals surface area (Å²) in [5.74, 6) is 0.457. The van der Waals surface area contributed by atoms with Crippen LogP contribution >= 0.6 is 0 Å². The molecule has 2 fully saturated rings. The highest BCUT2D eigenvalue weighted by Gasteiger charge is 2.29. The average Bonchev–Trinajstić information content (AvgIpc) is 2.23. The number of nitrogens with zero attached hydrogens (tertiary/aromatic N) is 1. The molecule has 0 aromatic carbocycles. The van der Waals surface area contributed by atoms with Crippen LogP contribution in [0.1, 0.15) is 26.2 Å². The quantitative estimate of drug-likeness (QED) is 0.642. The van der Waals surface area contributed by atoms with Crippen molar-refractivity contribution < 1.29 is 5.11 Å².